The van der Waals surface area contributed by atoms with Gasteiger partial charge in [-0.15, -0.1) is 0 Å². The predicted molar refractivity (Wildman–Crippen MR) is 77.6 cm³/mol. The molecule has 0 aliphatic rings. The van der Waals surface area contributed by atoms with E-state index in [4.69, 9.17) is 16.3 Å². The van der Waals surface area contributed by atoms with Gasteiger partial charge in [-0.25, -0.2) is 0 Å². The van der Waals surface area contributed by atoms with Crippen molar-refractivity contribution < 1.29 is 9.53 Å². The zero-order valence-corrected chi connectivity index (χ0v) is 11.9. The molecular weight excluding hydrogens is 260 g/mol. The van der Waals surface area contributed by atoms with Crippen LogP contribution in [0.4, 0.5) is 0 Å². The van der Waals surface area contributed by atoms with Gasteiger partial charge in [-0.05, 0) is 55.7 Å². The van der Waals surface area contributed by atoms with Crippen LogP contribution < -0.4 is 4.74 Å². The van der Waals surface area contributed by atoms with Crippen molar-refractivity contribution in [3.8, 4) is 11.5 Å². The lowest BCUT2D eigenvalue weighted by Crippen LogP contribution is -1.95. The molecule has 2 aromatic rings. The van der Waals surface area contributed by atoms with Crippen LogP contribution in [0.3, 0.4) is 0 Å². The summed E-state index contributed by atoms with van der Waals surface area (Å²) in [5.74, 6) is 1.14. The van der Waals surface area contributed by atoms with Crippen molar-refractivity contribution in [3.63, 3.8) is 0 Å². The molecule has 0 radical (unpaired) electrons. The van der Waals surface area contributed by atoms with Crippen LogP contribution in [0.15, 0.2) is 30.3 Å². The number of aryl methyl sites for hydroxylation is 2. The van der Waals surface area contributed by atoms with Crippen molar-refractivity contribution in [2.75, 3.05) is 0 Å². The highest BCUT2D eigenvalue weighted by molar-refractivity contribution is 6.32. The van der Waals surface area contributed by atoms with E-state index in [1.807, 2.05) is 26.8 Å². The van der Waals surface area contributed by atoms with Crippen LogP contribution in [0.25, 0.3) is 0 Å². The number of carbonyl (C=O) groups excluding carboxylic acids is 1. The Morgan fingerprint density at radius 2 is 1.89 bits per heavy atom. The summed E-state index contributed by atoms with van der Waals surface area (Å²) in [6.07, 6.45) is 0.749. The minimum Gasteiger partial charge on any atom is -0.455 e. The number of carbonyl (C=O) groups is 1. The molecule has 2 aromatic carbocycles. The van der Waals surface area contributed by atoms with Gasteiger partial charge >= 0.3 is 0 Å². The minimum atomic E-state index is 0.410. The van der Waals surface area contributed by atoms with Crippen molar-refractivity contribution in [1.82, 2.24) is 0 Å². The smallest absolute Gasteiger partial charge is 0.156 e. The third kappa shape index (κ3) is 2.79. The first-order valence-corrected chi connectivity index (χ1v) is 6.40. The summed E-state index contributed by atoms with van der Waals surface area (Å²) in [5.41, 5.74) is 3.75. The summed E-state index contributed by atoms with van der Waals surface area (Å²) < 4.78 is 5.86. The normalized spacial score (nSPS) is 10.3. The Balaban J connectivity index is 2.50. The molecule has 0 unspecified atom stereocenters. The monoisotopic (exact) mass is 274 g/mol. The molecule has 3 heteroatoms. The van der Waals surface area contributed by atoms with Crippen molar-refractivity contribution >= 4 is 17.9 Å². The predicted octanol–water partition coefficient (Wildman–Crippen LogP) is 4.87. The number of aldehydes is 1. The van der Waals surface area contributed by atoms with Crippen LogP contribution in [0.2, 0.25) is 5.02 Å². The number of halogens is 1. The Hall–Kier alpha value is -1.80. The van der Waals surface area contributed by atoms with Crippen molar-refractivity contribution in [1.29, 1.82) is 0 Å². The molecule has 0 saturated heterocycles. The molecule has 0 amide bonds. The van der Waals surface area contributed by atoms with Gasteiger partial charge < -0.3 is 4.74 Å². The summed E-state index contributed by atoms with van der Waals surface area (Å²) in [7, 11) is 0. The summed E-state index contributed by atoms with van der Waals surface area (Å²) in [6.45, 7) is 6.02. The first-order valence-electron chi connectivity index (χ1n) is 6.02. The van der Waals surface area contributed by atoms with Crippen LogP contribution in [-0.4, -0.2) is 6.29 Å². The molecule has 2 nitrogen and oxygen atoms in total. The fourth-order valence-electron chi connectivity index (χ4n) is 1.94. The fraction of sp³-hybridized carbons (Fsp3) is 0.188. The Morgan fingerprint density at radius 3 is 2.58 bits per heavy atom. The van der Waals surface area contributed by atoms with Gasteiger partial charge in [-0.1, -0.05) is 23.7 Å². The molecule has 0 saturated carbocycles. The van der Waals surface area contributed by atoms with Crippen LogP contribution in [-0.2, 0) is 0 Å². The van der Waals surface area contributed by atoms with Gasteiger partial charge in [0.2, 0.25) is 0 Å². The number of benzene rings is 2. The standard InChI is InChI=1S/C16H15ClO2/c1-10-7-11(2)12(3)15(8-10)19-16-13(9-18)5-4-6-14(16)17/h4-9H,1-3H3. The second-order valence-electron chi connectivity index (χ2n) is 4.58. The van der Waals surface area contributed by atoms with Gasteiger partial charge in [0.1, 0.15) is 5.75 Å². The van der Waals surface area contributed by atoms with E-state index in [1.54, 1.807) is 18.2 Å². The Labute approximate surface area is 118 Å². The van der Waals surface area contributed by atoms with Crippen molar-refractivity contribution in [2.45, 2.75) is 20.8 Å². The van der Waals surface area contributed by atoms with E-state index in [1.165, 1.54) is 0 Å². The number of para-hydroxylation sites is 1. The topological polar surface area (TPSA) is 26.3 Å². The highest BCUT2D eigenvalue weighted by Gasteiger charge is 2.11. The molecule has 0 aliphatic heterocycles. The highest BCUT2D eigenvalue weighted by atomic mass is 35.5. The summed E-state index contributed by atoms with van der Waals surface area (Å²) in [5, 5.41) is 0.433. The first kappa shape index (κ1) is 13.6. The van der Waals surface area contributed by atoms with E-state index in [9.17, 15) is 4.79 Å². The van der Waals surface area contributed by atoms with E-state index >= 15 is 0 Å². The first-order chi connectivity index (χ1) is 9.02. The molecule has 2 rings (SSSR count). The molecule has 0 fully saturated rings. The largest absolute Gasteiger partial charge is 0.455 e. The molecule has 0 bridgehead atoms. The van der Waals surface area contributed by atoms with Crippen LogP contribution in [0.1, 0.15) is 27.0 Å². The van der Waals surface area contributed by atoms with E-state index in [-0.39, 0.29) is 0 Å². The second-order valence-corrected chi connectivity index (χ2v) is 4.99. The minimum absolute atomic E-state index is 0.410. The van der Waals surface area contributed by atoms with Crippen LogP contribution in [0.5, 0.6) is 11.5 Å². The van der Waals surface area contributed by atoms with Gasteiger partial charge in [-0.3, -0.25) is 4.79 Å². The zero-order valence-electron chi connectivity index (χ0n) is 11.2. The Bertz CT molecular complexity index is 633. The number of hydrogen-bond acceptors (Lipinski definition) is 2. The SMILES string of the molecule is Cc1cc(C)c(C)c(Oc2c(Cl)cccc2C=O)c1. The molecule has 0 N–H and O–H groups in total. The highest BCUT2D eigenvalue weighted by Crippen LogP contribution is 2.34. The van der Waals surface area contributed by atoms with E-state index in [0.29, 0.717) is 16.3 Å². The number of rotatable bonds is 3. The van der Waals surface area contributed by atoms with Gasteiger partial charge in [0.15, 0.2) is 12.0 Å². The lowest BCUT2D eigenvalue weighted by Gasteiger charge is -2.14. The quantitative estimate of drug-likeness (QED) is 0.747. The van der Waals surface area contributed by atoms with Crippen molar-refractivity contribution in [2.24, 2.45) is 0 Å². The molecule has 19 heavy (non-hydrogen) atoms. The maximum atomic E-state index is 11.0. The van der Waals surface area contributed by atoms with Gasteiger partial charge in [-0.2, -0.15) is 0 Å². The van der Waals surface area contributed by atoms with E-state index in [0.717, 1.165) is 28.7 Å². The molecule has 0 spiro atoms. The summed E-state index contributed by atoms with van der Waals surface area (Å²) in [6, 6.07) is 9.16. The van der Waals surface area contributed by atoms with Gasteiger partial charge in [0, 0.05) is 0 Å². The Morgan fingerprint density at radius 1 is 1.16 bits per heavy atom. The lowest BCUT2D eigenvalue weighted by atomic mass is 10.1. The maximum absolute atomic E-state index is 11.0. The molecule has 0 atom stereocenters. The lowest BCUT2D eigenvalue weighted by molar-refractivity contribution is 0.112. The molecule has 0 aromatic heterocycles. The van der Waals surface area contributed by atoms with Gasteiger partial charge in [0.05, 0.1) is 10.6 Å². The zero-order chi connectivity index (χ0) is 14.0. The maximum Gasteiger partial charge on any atom is 0.156 e. The summed E-state index contributed by atoms with van der Waals surface area (Å²) in [4.78, 5) is 11.0. The molecule has 0 aliphatic carbocycles. The van der Waals surface area contributed by atoms with E-state index < -0.39 is 0 Å². The van der Waals surface area contributed by atoms with Crippen molar-refractivity contribution in [3.05, 3.63) is 57.6 Å². The third-order valence-corrected chi connectivity index (χ3v) is 3.40. The second kappa shape index (κ2) is 5.45. The molecular formula is C16H15ClO2. The summed E-state index contributed by atoms with van der Waals surface area (Å²) >= 11 is 6.11. The number of ether oxygens (including phenoxy) is 1. The third-order valence-electron chi connectivity index (χ3n) is 3.10. The Kier molecular flexibility index (Phi) is 3.91. The average Bonchev–Trinajstić information content (AvgIpc) is 2.37. The molecule has 98 valence electrons. The number of hydrogen-bond donors (Lipinski definition) is 0. The van der Waals surface area contributed by atoms with E-state index in [2.05, 4.69) is 6.07 Å². The van der Waals surface area contributed by atoms with Crippen LogP contribution >= 0.6 is 11.6 Å². The van der Waals surface area contributed by atoms with Gasteiger partial charge in [0.25, 0.3) is 0 Å². The van der Waals surface area contributed by atoms with Crippen LogP contribution in [0, 0.1) is 20.8 Å². The molecule has 0 heterocycles. The average molecular weight is 275 g/mol. The fourth-order valence-corrected chi connectivity index (χ4v) is 2.16.